The van der Waals surface area contributed by atoms with E-state index >= 15 is 0 Å². The van der Waals surface area contributed by atoms with Gasteiger partial charge >= 0.3 is 5.63 Å². The molecule has 4 aromatic rings. The molecule has 0 bridgehead atoms. The number of hydrogen-bond acceptors (Lipinski definition) is 5. The van der Waals surface area contributed by atoms with Crippen LogP contribution in [-0.2, 0) is 0 Å². The quantitative estimate of drug-likeness (QED) is 0.539. The van der Waals surface area contributed by atoms with Gasteiger partial charge in [0.15, 0.2) is 0 Å². The highest BCUT2D eigenvalue weighted by Crippen LogP contribution is 2.29. The molecule has 3 heterocycles. The first-order valence-corrected chi connectivity index (χ1v) is 7.72. The van der Waals surface area contributed by atoms with E-state index in [-0.39, 0.29) is 5.63 Å². The molecule has 0 aliphatic heterocycles. The predicted molar refractivity (Wildman–Crippen MR) is 87.0 cm³/mol. The van der Waals surface area contributed by atoms with Crippen molar-refractivity contribution in [3.8, 4) is 5.13 Å². The van der Waals surface area contributed by atoms with E-state index in [1.807, 2.05) is 26.0 Å². The van der Waals surface area contributed by atoms with Crippen molar-refractivity contribution < 1.29 is 4.42 Å². The monoisotopic (exact) mass is 311 g/mol. The van der Waals surface area contributed by atoms with Gasteiger partial charge in [0, 0.05) is 6.07 Å². The van der Waals surface area contributed by atoms with Crippen LogP contribution in [0.5, 0.6) is 0 Å². The van der Waals surface area contributed by atoms with Crippen LogP contribution in [0.1, 0.15) is 16.8 Å². The topological polar surface area (TPSA) is 60.9 Å². The first kappa shape index (κ1) is 13.2. The molecule has 0 saturated heterocycles. The van der Waals surface area contributed by atoms with Gasteiger partial charge in [-0.1, -0.05) is 17.4 Å². The van der Waals surface area contributed by atoms with Crippen molar-refractivity contribution in [2.75, 3.05) is 0 Å². The Morgan fingerprint density at radius 2 is 2.00 bits per heavy atom. The third kappa shape index (κ3) is 1.88. The van der Waals surface area contributed by atoms with Crippen molar-refractivity contribution in [2.24, 2.45) is 0 Å². The van der Waals surface area contributed by atoms with Gasteiger partial charge in [-0.05, 0) is 44.0 Å². The van der Waals surface area contributed by atoms with Gasteiger partial charge in [0.05, 0.1) is 21.3 Å². The number of benzene rings is 1. The Kier molecular flexibility index (Phi) is 2.71. The van der Waals surface area contributed by atoms with Crippen molar-refractivity contribution in [3.05, 3.63) is 51.5 Å². The standard InChI is InChI=1S/C16H13N3O2S/c1-8-4-5-11-12(6-8)22-16(17-11)19-15-14(10(3)18-19)9(2)7-13(20)21-15/h4-7H,1-3H3. The predicted octanol–water partition coefficient (Wildman–Crippen LogP) is 3.51. The number of hydrogen-bond donors (Lipinski definition) is 0. The molecular formula is C16H13N3O2S. The van der Waals surface area contributed by atoms with Crippen molar-refractivity contribution in [3.63, 3.8) is 0 Å². The van der Waals surface area contributed by atoms with E-state index in [1.54, 1.807) is 4.68 Å². The number of nitrogens with zero attached hydrogens (tertiary/aromatic N) is 3. The molecule has 3 aromatic heterocycles. The zero-order valence-corrected chi connectivity index (χ0v) is 13.2. The van der Waals surface area contributed by atoms with Crippen LogP contribution in [0, 0.1) is 20.8 Å². The molecule has 110 valence electrons. The fourth-order valence-corrected chi connectivity index (χ4v) is 3.68. The van der Waals surface area contributed by atoms with E-state index in [9.17, 15) is 4.79 Å². The molecule has 0 saturated carbocycles. The molecule has 0 N–H and O–H groups in total. The van der Waals surface area contributed by atoms with Crippen LogP contribution in [0.25, 0.3) is 26.4 Å². The molecular weight excluding hydrogens is 298 g/mol. The first-order chi connectivity index (χ1) is 10.5. The summed E-state index contributed by atoms with van der Waals surface area (Å²) >= 11 is 1.53. The minimum Gasteiger partial charge on any atom is -0.403 e. The maximum absolute atomic E-state index is 11.7. The van der Waals surface area contributed by atoms with Gasteiger partial charge in [-0.15, -0.1) is 0 Å². The zero-order chi connectivity index (χ0) is 15.4. The Morgan fingerprint density at radius 1 is 1.18 bits per heavy atom. The average Bonchev–Trinajstić information content (AvgIpc) is 2.99. The van der Waals surface area contributed by atoms with Crippen LogP contribution >= 0.6 is 11.3 Å². The largest absolute Gasteiger partial charge is 0.403 e. The van der Waals surface area contributed by atoms with Crippen LogP contribution in [0.4, 0.5) is 0 Å². The highest BCUT2D eigenvalue weighted by atomic mass is 32.1. The van der Waals surface area contributed by atoms with Crippen LogP contribution < -0.4 is 5.63 Å². The molecule has 5 nitrogen and oxygen atoms in total. The molecule has 0 fully saturated rings. The zero-order valence-electron chi connectivity index (χ0n) is 12.4. The minimum atomic E-state index is -0.372. The molecule has 22 heavy (non-hydrogen) atoms. The Labute approximate surface area is 129 Å². The van der Waals surface area contributed by atoms with Crippen molar-refractivity contribution in [1.82, 2.24) is 14.8 Å². The number of rotatable bonds is 1. The van der Waals surface area contributed by atoms with Crippen molar-refractivity contribution >= 4 is 32.7 Å². The molecule has 0 amide bonds. The smallest absolute Gasteiger partial charge is 0.337 e. The van der Waals surface area contributed by atoms with Gasteiger partial charge in [0.1, 0.15) is 0 Å². The minimum absolute atomic E-state index is 0.372. The Hall–Kier alpha value is -2.47. The van der Waals surface area contributed by atoms with Crippen LogP contribution in [0.15, 0.2) is 33.5 Å². The van der Waals surface area contributed by atoms with E-state index < -0.39 is 0 Å². The highest BCUT2D eigenvalue weighted by molar-refractivity contribution is 7.20. The van der Waals surface area contributed by atoms with Crippen LogP contribution in [0.2, 0.25) is 0 Å². The molecule has 0 radical (unpaired) electrons. The summed E-state index contributed by atoms with van der Waals surface area (Å²) in [7, 11) is 0. The van der Waals surface area contributed by atoms with E-state index in [2.05, 4.69) is 23.1 Å². The number of thiazole rings is 1. The fourth-order valence-electron chi connectivity index (χ4n) is 2.67. The van der Waals surface area contributed by atoms with Gasteiger partial charge in [0.2, 0.25) is 10.8 Å². The van der Waals surface area contributed by atoms with E-state index in [0.717, 1.165) is 26.9 Å². The van der Waals surface area contributed by atoms with Gasteiger partial charge in [-0.3, -0.25) is 0 Å². The van der Waals surface area contributed by atoms with Gasteiger partial charge in [-0.2, -0.15) is 9.78 Å². The summed E-state index contributed by atoms with van der Waals surface area (Å²) in [5.41, 5.74) is 3.88. The Morgan fingerprint density at radius 3 is 2.82 bits per heavy atom. The van der Waals surface area contributed by atoms with Crippen molar-refractivity contribution in [1.29, 1.82) is 0 Å². The Bertz CT molecular complexity index is 1090. The number of fused-ring (bicyclic) bond motifs is 2. The van der Waals surface area contributed by atoms with Gasteiger partial charge in [0.25, 0.3) is 0 Å². The summed E-state index contributed by atoms with van der Waals surface area (Å²) in [6.07, 6.45) is 0. The van der Waals surface area contributed by atoms with E-state index in [1.165, 1.54) is 23.0 Å². The summed E-state index contributed by atoms with van der Waals surface area (Å²) in [4.78, 5) is 16.3. The highest BCUT2D eigenvalue weighted by Gasteiger charge is 2.17. The second-order valence-electron chi connectivity index (χ2n) is 5.39. The second kappa shape index (κ2) is 4.51. The molecule has 0 unspecified atom stereocenters. The normalized spacial score (nSPS) is 11.6. The lowest BCUT2D eigenvalue weighted by Crippen LogP contribution is -2.01. The molecule has 0 atom stereocenters. The SMILES string of the molecule is Cc1ccc2nc(-n3nc(C)c4c(C)cc(=O)oc43)sc2c1. The average molecular weight is 311 g/mol. The van der Waals surface area contributed by atoms with Crippen LogP contribution in [0.3, 0.4) is 0 Å². The maximum atomic E-state index is 11.7. The summed E-state index contributed by atoms with van der Waals surface area (Å²) < 4.78 is 8.09. The molecule has 6 heteroatoms. The Balaban J connectivity index is 2.05. The van der Waals surface area contributed by atoms with Gasteiger partial charge < -0.3 is 4.42 Å². The molecule has 0 aliphatic carbocycles. The summed E-state index contributed by atoms with van der Waals surface area (Å²) in [6.45, 7) is 5.85. The maximum Gasteiger partial charge on any atom is 0.337 e. The fraction of sp³-hybridized carbons (Fsp3) is 0.188. The summed E-state index contributed by atoms with van der Waals surface area (Å²) in [5.74, 6) is 0. The first-order valence-electron chi connectivity index (χ1n) is 6.90. The molecule has 0 spiro atoms. The third-order valence-corrected chi connectivity index (χ3v) is 4.65. The van der Waals surface area contributed by atoms with Gasteiger partial charge in [-0.25, -0.2) is 9.78 Å². The lowest BCUT2D eigenvalue weighted by atomic mass is 10.2. The molecule has 0 aliphatic rings. The summed E-state index contributed by atoms with van der Waals surface area (Å²) in [6, 6.07) is 7.60. The second-order valence-corrected chi connectivity index (χ2v) is 6.40. The number of aryl methyl sites for hydroxylation is 3. The number of aromatic nitrogens is 3. The summed E-state index contributed by atoms with van der Waals surface area (Å²) in [5, 5.41) is 6.08. The third-order valence-electron chi connectivity index (χ3n) is 3.66. The van der Waals surface area contributed by atoms with E-state index in [0.29, 0.717) is 10.8 Å². The lowest BCUT2D eigenvalue weighted by molar-refractivity contribution is 0.534. The van der Waals surface area contributed by atoms with Crippen molar-refractivity contribution in [2.45, 2.75) is 20.8 Å². The molecule has 1 aromatic carbocycles. The van der Waals surface area contributed by atoms with Crippen LogP contribution in [-0.4, -0.2) is 14.8 Å². The molecule has 4 rings (SSSR count). The lowest BCUT2D eigenvalue weighted by Gasteiger charge is -1.97. The van der Waals surface area contributed by atoms with E-state index in [4.69, 9.17) is 4.42 Å².